The average molecular weight is 276 g/mol. The van der Waals surface area contributed by atoms with Gasteiger partial charge in [0, 0.05) is 18.7 Å². The molecule has 1 aromatic carbocycles. The fourth-order valence-electron chi connectivity index (χ4n) is 1.10. The fourth-order valence-corrected chi connectivity index (χ4v) is 2.17. The van der Waals surface area contributed by atoms with Crippen LogP contribution in [0.4, 0.5) is 5.69 Å². The molecule has 1 rings (SSSR count). The van der Waals surface area contributed by atoms with E-state index in [0.29, 0.717) is 0 Å². The quantitative estimate of drug-likeness (QED) is 0.462. The molecule has 1 unspecified atom stereocenters. The lowest BCUT2D eigenvalue weighted by atomic mass is 10.3. The van der Waals surface area contributed by atoms with E-state index in [2.05, 4.69) is 4.72 Å². The van der Waals surface area contributed by atoms with E-state index >= 15 is 0 Å². The van der Waals surface area contributed by atoms with Gasteiger partial charge in [-0.3, -0.25) is 10.1 Å². The van der Waals surface area contributed by atoms with Crippen LogP contribution in [-0.4, -0.2) is 42.8 Å². The van der Waals surface area contributed by atoms with Gasteiger partial charge in [0.2, 0.25) is 10.0 Å². The van der Waals surface area contributed by atoms with Crippen LogP contribution >= 0.6 is 0 Å². The SMILES string of the molecule is O=[N+]([O-])c1ccc(S(=O)(=O)NCC(O)CO)cc1. The minimum atomic E-state index is -3.85. The van der Waals surface area contributed by atoms with Crippen LogP contribution in [0.2, 0.25) is 0 Å². The van der Waals surface area contributed by atoms with Crippen LogP contribution < -0.4 is 4.72 Å². The Balaban J connectivity index is 2.82. The van der Waals surface area contributed by atoms with Gasteiger partial charge in [-0.1, -0.05) is 0 Å². The third kappa shape index (κ3) is 3.74. The summed E-state index contributed by atoms with van der Waals surface area (Å²) in [6.07, 6.45) is -1.20. The lowest BCUT2D eigenvalue weighted by Crippen LogP contribution is -2.33. The number of nitro groups is 1. The molecule has 0 aliphatic carbocycles. The van der Waals surface area contributed by atoms with Gasteiger partial charge in [-0.2, -0.15) is 0 Å². The lowest BCUT2D eigenvalue weighted by Gasteiger charge is -2.09. The molecule has 0 amide bonds. The molecule has 100 valence electrons. The number of nitrogens with zero attached hydrogens (tertiary/aromatic N) is 1. The zero-order chi connectivity index (χ0) is 13.8. The molecule has 0 aliphatic rings. The van der Waals surface area contributed by atoms with Crippen molar-refractivity contribution >= 4 is 15.7 Å². The molecule has 9 heteroatoms. The first-order valence-corrected chi connectivity index (χ1v) is 6.38. The Labute approximate surface area is 103 Å². The Bertz CT molecular complexity index is 512. The third-order valence-electron chi connectivity index (χ3n) is 2.08. The number of nitrogens with one attached hydrogen (secondary N) is 1. The highest BCUT2D eigenvalue weighted by Crippen LogP contribution is 2.15. The molecule has 0 aromatic heterocycles. The Morgan fingerprint density at radius 3 is 2.33 bits per heavy atom. The van der Waals surface area contributed by atoms with E-state index in [1.54, 1.807) is 0 Å². The predicted molar refractivity (Wildman–Crippen MR) is 61.4 cm³/mol. The molecule has 0 bridgehead atoms. The summed E-state index contributed by atoms with van der Waals surface area (Å²) in [7, 11) is -3.85. The van der Waals surface area contributed by atoms with Gasteiger partial charge in [0.1, 0.15) is 0 Å². The minimum absolute atomic E-state index is 0.154. The molecule has 0 fully saturated rings. The molecule has 0 radical (unpaired) electrons. The lowest BCUT2D eigenvalue weighted by molar-refractivity contribution is -0.384. The standard InChI is InChI=1S/C9H12N2O6S/c12-6-8(13)5-10-18(16,17)9-3-1-7(2-4-9)11(14)15/h1-4,8,10,12-13H,5-6H2. The van der Waals surface area contributed by atoms with E-state index in [1.165, 1.54) is 0 Å². The molecule has 1 aromatic rings. The summed E-state index contributed by atoms with van der Waals surface area (Å²) in [6, 6.07) is 4.31. The summed E-state index contributed by atoms with van der Waals surface area (Å²) in [5.41, 5.74) is -0.218. The maximum absolute atomic E-state index is 11.7. The smallest absolute Gasteiger partial charge is 0.269 e. The maximum Gasteiger partial charge on any atom is 0.269 e. The minimum Gasteiger partial charge on any atom is -0.394 e. The summed E-state index contributed by atoms with van der Waals surface area (Å²) in [5.74, 6) is 0. The molecule has 0 saturated carbocycles. The summed E-state index contributed by atoms with van der Waals surface area (Å²) in [6.45, 7) is -0.904. The van der Waals surface area contributed by atoms with Gasteiger partial charge in [0.25, 0.3) is 5.69 Å². The molecule has 0 aliphatic heterocycles. The molecular weight excluding hydrogens is 264 g/mol. The largest absolute Gasteiger partial charge is 0.394 e. The summed E-state index contributed by atoms with van der Waals surface area (Å²) < 4.78 is 25.4. The van der Waals surface area contributed by atoms with Gasteiger partial charge >= 0.3 is 0 Å². The first kappa shape index (κ1) is 14.5. The molecule has 3 N–H and O–H groups in total. The second-order valence-electron chi connectivity index (χ2n) is 3.44. The third-order valence-corrected chi connectivity index (χ3v) is 3.52. The van der Waals surface area contributed by atoms with E-state index < -0.39 is 27.7 Å². The second kappa shape index (κ2) is 5.87. The molecular formula is C9H12N2O6S. The van der Waals surface area contributed by atoms with Crippen molar-refractivity contribution in [3.63, 3.8) is 0 Å². The fraction of sp³-hybridized carbons (Fsp3) is 0.333. The van der Waals surface area contributed by atoms with Crippen molar-refractivity contribution in [1.82, 2.24) is 4.72 Å². The number of benzene rings is 1. The van der Waals surface area contributed by atoms with Gasteiger partial charge < -0.3 is 10.2 Å². The highest BCUT2D eigenvalue weighted by molar-refractivity contribution is 7.89. The predicted octanol–water partition coefficient (Wildman–Crippen LogP) is -0.774. The number of nitro benzene ring substituents is 1. The van der Waals surface area contributed by atoms with Crippen molar-refractivity contribution in [2.75, 3.05) is 13.2 Å². The Morgan fingerprint density at radius 1 is 1.33 bits per heavy atom. The number of hydrogen-bond acceptors (Lipinski definition) is 6. The van der Waals surface area contributed by atoms with Crippen molar-refractivity contribution in [2.45, 2.75) is 11.0 Å². The van der Waals surface area contributed by atoms with Crippen molar-refractivity contribution < 1.29 is 23.6 Å². The van der Waals surface area contributed by atoms with Crippen LogP contribution in [0.1, 0.15) is 0 Å². The number of aliphatic hydroxyl groups is 2. The summed E-state index contributed by atoms with van der Waals surface area (Å²) >= 11 is 0. The number of rotatable bonds is 6. The van der Waals surface area contributed by atoms with Crippen LogP contribution in [0.15, 0.2) is 29.2 Å². The zero-order valence-corrected chi connectivity index (χ0v) is 10.0. The van der Waals surface area contributed by atoms with Crippen LogP contribution in [-0.2, 0) is 10.0 Å². The highest BCUT2D eigenvalue weighted by Gasteiger charge is 2.16. The molecule has 0 saturated heterocycles. The molecule has 8 nitrogen and oxygen atoms in total. The van der Waals surface area contributed by atoms with Crippen molar-refractivity contribution in [1.29, 1.82) is 0 Å². The van der Waals surface area contributed by atoms with Crippen LogP contribution in [0.3, 0.4) is 0 Å². The topological polar surface area (TPSA) is 130 Å². The maximum atomic E-state index is 11.7. The zero-order valence-electron chi connectivity index (χ0n) is 9.18. The van der Waals surface area contributed by atoms with Crippen molar-refractivity contribution in [3.05, 3.63) is 34.4 Å². The van der Waals surface area contributed by atoms with E-state index in [1.807, 2.05) is 0 Å². The van der Waals surface area contributed by atoms with E-state index in [9.17, 15) is 18.5 Å². The first-order valence-electron chi connectivity index (χ1n) is 4.90. The van der Waals surface area contributed by atoms with Crippen LogP contribution in [0, 0.1) is 10.1 Å². The first-order chi connectivity index (χ1) is 8.36. The molecule has 18 heavy (non-hydrogen) atoms. The van der Waals surface area contributed by atoms with Gasteiger partial charge in [-0.15, -0.1) is 0 Å². The molecule has 1 atom stereocenters. The van der Waals surface area contributed by atoms with Gasteiger partial charge in [-0.05, 0) is 12.1 Å². The van der Waals surface area contributed by atoms with E-state index in [4.69, 9.17) is 10.2 Å². The number of non-ortho nitro benzene ring substituents is 1. The van der Waals surface area contributed by atoms with Crippen LogP contribution in [0.25, 0.3) is 0 Å². The average Bonchev–Trinajstić information content (AvgIpc) is 2.36. The number of hydrogen-bond donors (Lipinski definition) is 3. The van der Waals surface area contributed by atoms with E-state index in [-0.39, 0.29) is 17.1 Å². The van der Waals surface area contributed by atoms with Crippen molar-refractivity contribution in [2.24, 2.45) is 0 Å². The second-order valence-corrected chi connectivity index (χ2v) is 5.21. The summed E-state index contributed by atoms with van der Waals surface area (Å²) in [5, 5.41) is 28.0. The van der Waals surface area contributed by atoms with Gasteiger partial charge in [-0.25, -0.2) is 13.1 Å². The Hall–Kier alpha value is -1.55. The van der Waals surface area contributed by atoms with E-state index in [0.717, 1.165) is 24.3 Å². The number of sulfonamides is 1. The normalized spacial score (nSPS) is 13.2. The van der Waals surface area contributed by atoms with Gasteiger partial charge in [0.05, 0.1) is 22.5 Å². The molecule has 0 heterocycles. The van der Waals surface area contributed by atoms with Gasteiger partial charge in [0.15, 0.2) is 0 Å². The van der Waals surface area contributed by atoms with Crippen molar-refractivity contribution in [3.8, 4) is 0 Å². The highest BCUT2D eigenvalue weighted by atomic mass is 32.2. The Morgan fingerprint density at radius 2 is 1.89 bits per heavy atom. The number of aliphatic hydroxyl groups excluding tert-OH is 2. The van der Waals surface area contributed by atoms with Crippen LogP contribution in [0.5, 0.6) is 0 Å². The monoisotopic (exact) mass is 276 g/mol. The molecule has 0 spiro atoms. The summed E-state index contributed by atoms with van der Waals surface area (Å²) in [4.78, 5) is 9.60. The Kier molecular flexibility index (Phi) is 4.73.